The first kappa shape index (κ1) is 25.9. The largest absolute Gasteiger partial charge is 0.480 e. The maximum Gasteiger partial charge on any atom is 0.326 e. The number of nitrogens with one attached hydrogen (secondary N) is 1. The zero-order chi connectivity index (χ0) is 20.3. The van der Waals surface area contributed by atoms with Gasteiger partial charge in [0.1, 0.15) is 6.04 Å². The van der Waals surface area contributed by atoms with Crippen LogP contribution in [0.4, 0.5) is 0 Å². The summed E-state index contributed by atoms with van der Waals surface area (Å²) in [5.41, 5.74) is 5.81. The molecule has 2 atom stereocenters. The Morgan fingerprint density at radius 2 is 1.19 bits per heavy atom. The van der Waals surface area contributed by atoms with Gasteiger partial charge in [0.15, 0.2) is 0 Å². The van der Waals surface area contributed by atoms with Crippen LogP contribution in [0.3, 0.4) is 0 Å². The molecule has 1 unspecified atom stereocenters. The van der Waals surface area contributed by atoms with Crippen molar-refractivity contribution in [2.24, 2.45) is 5.73 Å². The molecule has 0 fully saturated rings. The summed E-state index contributed by atoms with van der Waals surface area (Å²) in [6, 6.07) is -1.41. The number of hydrogen-bond acceptors (Lipinski definition) is 3. The van der Waals surface area contributed by atoms with Crippen LogP contribution in [0.15, 0.2) is 0 Å². The molecule has 0 radical (unpaired) electrons. The van der Waals surface area contributed by atoms with Crippen molar-refractivity contribution in [1.29, 1.82) is 0 Å². The maximum absolute atomic E-state index is 12.0. The van der Waals surface area contributed by atoms with Crippen LogP contribution in [-0.4, -0.2) is 29.1 Å². The molecule has 4 N–H and O–H groups in total. The number of unbranched alkanes of at least 4 members (excludes halogenated alkanes) is 12. The van der Waals surface area contributed by atoms with Gasteiger partial charge in [-0.1, -0.05) is 104 Å². The summed E-state index contributed by atoms with van der Waals surface area (Å²) in [6.07, 6.45) is 17.9. The Balaban J connectivity index is 3.70. The van der Waals surface area contributed by atoms with Crippen molar-refractivity contribution in [2.75, 3.05) is 0 Å². The van der Waals surface area contributed by atoms with Crippen LogP contribution in [-0.2, 0) is 9.59 Å². The van der Waals surface area contributed by atoms with Crippen molar-refractivity contribution in [3.8, 4) is 0 Å². The molecule has 0 aromatic rings. The molecule has 0 spiro atoms. The van der Waals surface area contributed by atoms with E-state index in [-0.39, 0.29) is 5.91 Å². The Bertz CT molecular complexity index is 375. The van der Waals surface area contributed by atoms with E-state index in [2.05, 4.69) is 12.2 Å². The molecule has 0 aliphatic rings. The van der Waals surface area contributed by atoms with Crippen LogP contribution in [0, 0.1) is 0 Å². The molecule has 27 heavy (non-hydrogen) atoms. The van der Waals surface area contributed by atoms with E-state index in [4.69, 9.17) is 5.73 Å². The van der Waals surface area contributed by atoms with Gasteiger partial charge in [0.05, 0.1) is 6.04 Å². The lowest BCUT2D eigenvalue weighted by atomic mass is 10.0. The fraction of sp³-hybridized carbons (Fsp3) is 0.909. The van der Waals surface area contributed by atoms with Gasteiger partial charge in [0.2, 0.25) is 5.91 Å². The number of carbonyl (C=O) groups is 2. The smallest absolute Gasteiger partial charge is 0.326 e. The van der Waals surface area contributed by atoms with E-state index in [1.54, 1.807) is 0 Å². The van der Waals surface area contributed by atoms with Gasteiger partial charge in [-0.15, -0.1) is 0 Å². The SMILES string of the molecule is CCCCCCCCCCCCCCC(NC(=O)[C@@H](N)CCCC)C(=O)O. The number of carboxylic acids is 1. The van der Waals surface area contributed by atoms with Crippen LogP contribution in [0.25, 0.3) is 0 Å². The lowest BCUT2D eigenvalue weighted by Gasteiger charge is -2.17. The highest BCUT2D eigenvalue weighted by molar-refractivity contribution is 5.86. The summed E-state index contributed by atoms with van der Waals surface area (Å²) in [5, 5.41) is 11.9. The number of nitrogens with two attached hydrogens (primary N) is 1. The first-order chi connectivity index (χ1) is 13.0. The lowest BCUT2D eigenvalue weighted by Crippen LogP contribution is -2.48. The van der Waals surface area contributed by atoms with Crippen LogP contribution in [0.2, 0.25) is 0 Å². The van der Waals surface area contributed by atoms with Gasteiger partial charge in [-0.3, -0.25) is 4.79 Å². The highest BCUT2D eigenvalue weighted by atomic mass is 16.4. The topological polar surface area (TPSA) is 92.4 Å². The highest BCUT2D eigenvalue weighted by Gasteiger charge is 2.22. The summed E-state index contributed by atoms with van der Waals surface area (Å²) in [4.78, 5) is 23.3. The second-order valence-corrected chi connectivity index (χ2v) is 7.83. The van der Waals surface area contributed by atoms with Crippen molar-refractivity contribution in [3.05, 3.63) is 0 Å². The molecule has 160 valence electrons. The van der Waals surface area contributed by atoms with E-state index in [0.29, 0.717) is 12.8 Å². The zero-order valence-corrected chi connectivity index (χ0v) is 17.8. The fourth-order valence-corrected chi connectivity index (χ4v) is 3.28. The Labute approximate surface area is 166 Å². The Kier molecular flexibility index (Phi) is 17.5. The molecule has 0 aromatic heterocycles. The van der Waals surface area contributed by atoms with Crippen LogP contribution in [0.5, 0.6) is 0 Å². The number of amides is 1. The molecule has 0 saturated carbocycles. The molecule has 1 amide bonds. The third kappa shape index (κ3) is 15.6. The minimum absolute atomic E-state index is 0.338. The average molecular weight is 385 g/mol. The molecule has 0 heterocycles. The average Bonchev–Trinajstić information content (AvgIpc) is 2.65. The standard InChI is InChI=1S/C22H44N2O3/c1-3-5-7-8-9-10-11-12-13-14-15-16-18-20(22(26)27)24-21(25)19(23)17-6-4-2/h19-20H,3-18,23H2,1-2H3,(H,24,25)(H,26,27)/t19-,20?/m0/s1. The van der Waals surface area contributed by atoms with E-state index in [0.717, 1.165) is 32.1 Å². The van der Waals surface area contributed by atoms with Crippen LogP contribution < -0.4 is 11.1 Å². The van der Waals surface area contributed by atoms with E-state index in [9.17, 15) is 14.7 Å². The number of aliphatic carboxylic acids is 1. The molecule has 0 aliphatic heterocycles. The van der Waals surface area contributed by atoms with Gasteiger partial charge in [0.25, 0.3) is 0 Å². The molecular formula is C22H44N2O3. The normalized spacial score (nSPS) is 13.3. The third-order valence-corrected chi connectivity index (χ3v) is 5.17. The van der Waals surface area contributed by atoms with Gasteiger partial charge in [0, 0.05) is 0 Å². The second kappa shape index (κ2) is 18.3. The molecule has 5 heteroatoms. The van der Waals surface area contributed by atoms with Crippen molar-refractivity contribution in [2.45, 2.75) is 129 Å². The number of carbonyl (C=O) groups excluding carboxylic acids is 1. The van der Waals surface area contributed by atoms with E-state index < -0.39 is 18.1 Å². The predicted octanol–water partition coefficient (Wildman–Crippen LogP) is 5.16. The maximum atomic E-state index is 12.0. The van der Waals surface area contributed by atoms with Gasteiger partial charge < -0.3 is 16.2 Å². The molecule has 0 saturated heterocycles. The predicted molar refractivity (Wildman–Crippen MR) is 113 cm³/mol. The van der Waals surface area contributed by atoms with E-state index >= 15 is 0 Å². The summed E-state index contributed by atoms with van der Waals surface area (Å²) >= 11 is 0. The molecular weight excluding hydrogens is 340 g/mol. The molecule has 0 bridgehead atoms. The summed E-state index contributed by atoms with van der Waals surface area (Å²) in [5.74, 6) is -1.30. The number of carboxylic acid groups (broad SMARTS) is 1. The number of hydrogen-bond donors (Lipinski definition) is 3. The fourth-order valence-electron chi connectivity index (χ4n) is 3.28. The molecule has 0 aliphatic carbocycles. The Morgan fingerprint density at radius 1 is 0.741 bits per heavy atom. The van der Waals surface area contributed by atoms with Crippen molar-refractivity contribution in [1.82, 2.24) is 5.32 Å². The van der Waals surface area contributed by atoms with E-state index in [1.807, 2.05) is 6.92 Å². The van der Waals surface area contributed by atoms with Crippen LogP contribution in [0.1, 0.15) is 117 Å². The molecule has 5 nitrogen and oxygen atoms in total. The monoisotopic (exact) mass is 384 g/mol. The van der Waals surface area contributed by atoms with Crippen molar-refractivity contribution >= 4 is 11.9 Å². The summed E-state index contributed by atoms with van der Waals surface area (Å²) in [7, 11) is 0. The molecule has 0 rings (SSSR count). The van der Waals surface area contributed by atoms with Crippen molar-refractivity contribution in [3.63, 3.8) is 0 Å². The Morgan fingerprint density at radius 3 is 1.63 bits per heavy atom. The third-order valence-electron chi connectivity index (χ3n) is 5.17. The van der Waals surface area contributed by atoms with Gasteiger partial charge in [-0.25, -0.2) is 4.79 Å². The minimum Gasteiger partial charge on any atom is -0.480 e. The van der Waals surface area contributed by atoms with E-state index in [1.165, 1.54) is 57.8 Å². The van der Waals surface area contributed by atoms with Gasteiger partial charge in [-0.05, 0) is 12.8 Å². The lowest BCUT2D eigenvalue weighted by molar-refractivity contribution is -0.142. The number of rotatable bonds is 19. The Hall–Kier alpha value is -1.10. The zero-order valence-electron chi connectivity index (χ0n) is 17.8. The second-order valence-electron chi connectivity index (χ2n) is 7.83. The van der Waals surface area contributed by atoms with Gasteiger partial charge in [-0.2, -0.15) is 0 Å². The summed E-state index contributed by atoms with van der Waals surface area (Å²) in [6.45, 7) is 4.29. The van der Waals surface area contributed by atoms with Crippen molar-refractivity contribution < 1.29 is 14.7 Å². The molecule has 0 aromatic carbocycles. The summed E-state index contributed by atoms with van der Waals surface area (Å²) < 4.78 is 0. The highest BCUT2D eigenvalue weighted by Crippen LogP contribution is 2.13. The minimum atomic E-state index is -0.964. The van der Waals surface area contributed by atoms with Gasteiger partial charge >= 0.3 is 5.97 Å². The first-order valence-corrected chi connectivity index (χ1v) is 11.3. The van der Waals surface area contributed by atoms with Crippen LogP contribution >= 0.6 is 0 Å². The first-order valence-electron chi connectivity index (χ1n) is 11.3. The quantitative estimate of drug-likeness (QED) is 0.268.